The van der Waals surface area contributed by atoms with Gasteiger partial charge in [-0.3, -0.25) is 4.79 Å². The minimum Gasteiger partial charge on any atom is -0.492 e. The van der Waals surface area contributed by atoms with E-state index < -0.39 is 17.8 Å². The molecular weight excluding hydrogens is 516 g/mol. The Morgan fingerprint density at radius 2 is 2.06 bits per heavy atom. The topological polar surface area (TPSA) is 88.5 Å². The van der Waals surface area contributed by atoms with Gasteiger partial charge in [-0.25, -0.2) is 4.79 Å². The highest BCUT2D eigenvalue weighted by molar-refractivity contribution is 9.10. The summed E-state index contributed by atoms with van der Waals surface area (Å²) in [6.45, 7) is 10.9. The van der Waals surface area contributed by atoms with Crippen molar-refractivity contribution in [3.05, 3.63) is 27.7 Å². The third-order valence-corrected chi connectivity index (χ3v) is 6.80. The Morgan fingerprint density at radius 1 is 1.31 bits per heavy atom. The van der Waals surface area contributed by atoms with Gasteiger partial charge in [0.05, 0.1) is 30.3 Å². The van der Waals surface area contributed by atoms with Crippen molar-refractivity contribution in [3.63, 3.8) is 0 Å². The van der Waals surface area contributed by atoms with E-state index in [9.17, 15) is 9.59 Å². The van der Waals surface area contributed by atoms with Crippen molar-refractivity contribution in [2.45, 2.75) is 84.1 Å². The van der Waals surface area contributed by atoms with Crippen molar-refractivity contribution in [3.8, 4) is 5.75 Å². The molecule has 8 nitrogen and oxygen atoms in total. The summed E-state index contributed by atoms with van der Waals surface area (Å²) >= 11 is 3.61. The van der Waals surface area contributed by atoms with Crippen LogP contribution < -0.4 is 4.74 Å². The third kappa shape index (κ3) is 7.11. The van der Waals surface area contributed by atoms with Gasteiger partial charge < -0.3 is 29.1 Å². The lowest BCUT2D eigenvalue weighted by Gasteiger charge is -2.42. The van der Waals surface area contributed by atoms with Crippen LogP contribution in [0.3, 0.4) is 0 Å². The molecule has 2 atom stereocenters. The minimum atomic E-state index is -0.736. The van der Waals surface area contributed by atoms with Crippen LogP contribution in [0.2, 0.25) is 0 Å². The molecule has 1 aliphatic carbocycles. The summed E-state index contributed by atoms with van der Waals surface area (Å²) in [5.74, 6) is 0.599. The van der Waals surface area contributed by atoms with E-state index in [4.69, 9.17) is 19.3 Å². The van der Waals surface area contributed by atoms with Crippen LogP contribution >= 0.6 is 15.9 Å². The number of carbonyl (C=O) groups excluding carboxylic acids is 2. The van der Waals surface area contributed by atoms with Gasteiger partial charge >= 0.3 is 6.09 Å². The van der Waals surface area contributed by atoms with E-state index in [2.05, 4.69) is 22.0 Å². The highest BCUT2D eigenvalue weighted by Crippen LogP contribution is 2.41. The SMILES string of the molecule is CC(C)N(C(=O)[C@H]1CN(C(=O)OC(C)(C)C)CCO1)[C@@H]1CCCc2cc(Br)c(OCCCO)cc21. The number of ether oxygens (including phenoxy) is 3. The molecule has 1 aromatic carbocycles. The number of fused-ring (bicyclic) bond motifs is 1. The minimum absolute atomic E-state index is 0.0543. The number of halogens is 1. The lowest BCUT2D eigenvalue weighted by Crippen LogP contribution is -2.55. The number of carbonyl (C=O) groups is 2. The molecule has 1 heterocycles. The van der Waals surface area contributed by atoms with Crippen LogP contribution in [0.15, 0.2) is 16.6 Å². The highest BCUT2D eigenvalue weighted by Gasteiger charge is 2.39. The van der Waals surface area contributed by atoms with Gasteiger partial charge in [0.1, 0.15) is 11.4 Å². The van der Waals surface area contributed by atoms with Crippen LogP contribution in [0.25, 0.3) is 0 Å². The van der Waals surface area contributed by atoms with Gasteiger partial charge in [-0.2, -0.15) is 0 Å². The molecule has 1 saturated heterocycles. The zero-order valence-electron chi connectivity index (χ0n) is 21.5. The molecule has 2 aliphatic rings. The molecule has 0 spiro atoms. The molecule has 35 heavy (non-hydrogen) atoms. The van der Waals surface area contributed by atoms with E-state index in [0.717, 1.165) is 29.3 Å². The first-order valence-electron chi connectivity index (χ1n) is 12.5. The lowest BCUT2D eigenvalue weighted by atomic mass is 9.85. The first-order chi connectivity index (χ1) is 16.5. The largest absolute Gasteiger partial charge is 0.492 e. The lowest BCUT2D eigenvalue weighted by molar-refractivity contribution is -0.154. The molecule has 0 aromatic heterocycles. The van der Waals surface area contributed by atoms with Crippen LogP contribution in [0.5, 0.6) is 5.75 Å². The number of nitrogens with zero attached hydrogens (tertiary/aromatic N) is 2. The molecule has 0 radical (unpaired) electrons. The molecule has 9 heteroatoms. The average molecular weight is 556 g/mol. The van der Waals surface area contributed by atoms with Gasteiger partial charge in [-0.15, -0.1) is 0 Å². The number of aliphatic hydroxyl groups excluding tert-OH is 1. The van der Waals surface area contributed by atoms with Crippen LogP contribution in [-0.2, 0) is 20.7 Å². The highest BCUT2D eigenvalue weighted by atomic mass is 79.9. The standard InChI is InChI=1S/C26H39BrN2O6/c1-17(2)29(24(31)23-16-28(10-13-34-23)25(32)35-26(3,4)5)21-9-6-8-18-14-20(27)22(15-19(18)21)33-12-7-11-30/h14-15,17,21,23,30H,6-13,16H2,1-5H3/t21-,23-/m1/s1. The molecule has 1 aliphatic heterocycles. The Balaban J connectivity index is 1.83. The van der Waals surface area contributed by atoms with Crippen molar-refractivity contribution in [2.24, 2.45) is 0 Å². The fourth-order valence-electron chi connectivity index (χ4n) is 4.65. The number of hydrogen-bond donors (Lipinski definition) is 1. The van der Waals surface area contributed by atoms with E-state index in [1.807, 2.05) is 45.6 Å². The van der Waals surface area contributed by atoms with Gasteiger partial charge in [0.15, 0.2) is 6.10 Å². The summed E-state index contributed by atoms with van der Waals surface area (Å²) in [5, 5.41) is 9.09. The van der Waals surface area contributed by atoms with E-state index >= 15 is 0 Å². The molecule has 0 saturated carbocycles. The summed E-state index contributed by atoms with van der Waals surface area (Å²) in [6.07, 6.45) is 2.15. The van der Waals surface area contributed by atoms with Crippen LogP contribution in [0.4, 0.5) is 4.79 Å². The van der Waals surface area contributed by atoms with Crippen molar-refractivity contribution in [2.75, 3.05) is 32.9 Å². The summed E-state index contributed by atoms with van der Waals surface area (Å²) in [6, 6.07) is 3.94. The van der Waals surface area contributed by atoms with Crippen molar-refractivity contribution in [1.82, 2.24) is 9.80 Å². The average Bonchev–Trinajstić information content (AvgIpc) is 2.78. The summed E-state index contributed by atoms with van der Waals surface area (Å²) in [7, 11) is 0. The predicted molar refractivity (Wildman–Crippen MR) is 137 cm³/mol. The first kappa shape index (κ1) is 27.7. The zero-order valence-corrected chi connectivity index (χ0v) is 23.1. The molecule has 1 N–H and O–H groups in total. The Kier molecular flexibility index (Phi) is 9.46. The second-order valence-corrected chi connectivity index (χ2v) is 11.3. The normalized spacial score (nSPS) is 20.4. The number of aliphatic hydroxyl groups is 1. The second-order valence-electron chi connectivity index (χ2n) is 10.4. The molecule has 0 bridgehead atoms. The number of benzene rings is 1. The molecule has 0 unspecified atom stereocenters. The molecule has 1 fully saturated rings. The fourth-order valence-corrected chi connectivity index (χ4v) is 5.16. The van der Waals surface area contributed by atoms with Crippen molar-refractivity contribution < 1.29 is 28.9 Å². The van der Waals surface area contributed by atoms with Crippen molar-refractivity contribution >= 4 is 27.9 Å². The summed E-state index contributed by atoms with van der Waals surface area (Å²) in [4.78, 5) is 29.9. The first-order valence-corrected chi connectivity index (χ1v) is 13.3. The maximum absolute atomic E-state index is 13.8. The van der Waals surface area contributed by atoms with E-state index in [1.54, 1.807) is 4.90 Å². The number of rotatable bonds is 7. The number of aryl methyl sites for hydroxylation is 1. The quantitative estimate of drug-likeness (QED) is 0.500. The van der Waals surface area contributed by atoms with Gasteiger partial charge in [-0.1, -0.05) is 0 Å². The number of amides is 2. The van der Waals surface area contributed by atoms with Gasteiger partial charge in [0, 0.05) is 25.6 Å². The van der Waals surface area contributed by atoms with Gasteiger partial charge in [0.25, 0.3) is 5.91 Å². The van der Waals surface area contributed by atoms with Crippen LogP contribution in [-0.4, -0.2) is 77.6 Å². The second kappa shape index (κ2) is 11.9. The maximum atomic E-state index is 13.8. The molecule has 1 aromatic rings. The Bertz CT molecular complexity index is 901. The van der Waals surface area contributed by atoms with Gasteiger partial charge in [-0.05, 0) is 93.1 Å². The molecule has 196 valence electrons. The zero-order chi connectivity index (χ0) is 25.8. The molecule has 2 amide bonds. The number of morpholine rings is 1. The Hall–Kier alpha value is -1.84. The smallest absolute Gasteiger partial charge is 0.410 e. The Morgan fingerprint density at radius 3 is 2.71 bits per heavy atom. The Labute approximate surface area is 217 Å². The monoisotopic (exact) mass is 554 g/mol. The van der Waals surface area contributed by atoms with E-state index in [-0.39, 0.29) is 31.1 Å². The van der Waals surface area contributed by atoms with Crippen LogP contribution in [0, 0.1) is 0 Å². The third-order valence-electron chi connectivity index (χ3n) is 6.18. The number of hydrogen-bond acceptors (Lipinski definition) is 6. The molecule has 3 rings (SSSR count). The van der Waals surface area contributed by atoms with Gasteiger partial charge in [0.2, 0.25) is 0 Å². The van der Waals surface area contributed by atoms with E-state index in [1.165, 1.54) is 5.56 Å². The fraction of sp³-hybridized carbons (Fsp3) is 0.692. The maximum Gasteiger partial charge on any atom is 0.410 e. The van der Waals surface area contributed by atoms with Crippen molar-refractivity contribution in [1.29, 1.82) is 0 Å². The summed E-state index contributed by atoms with van der Waals surface area (Å²) in [5.41, 5.74) is 1.68. The van der Waals surface area contributed by atoms with E-state index in [0.29, 0.717) is 31.9 Å². The van der Waals surface area contributed by atoms with Crippen LogP contribution in [0.1, 0.15) is 71.0 Å². The molecular formula is C26H39BrN2O6. The summed E-state index contributed by atoms with van der Waals surface area (Å²) < 4.78 is 18.2. The predicted octanol–water partition coefficient (Wildman–Crippen LogP) is 4.46.